The van der Waals surface area contributed by atoms with E-state index in [1.54, 1.807) is 14.2 Å². The number of fused-ring (bicyclic) bond motifs is 1. The number of amides is 1. The molecule has 0 aliphatic carbocycles. The van der Waals surface area contributed by atoms with Gasteiger partial charge in [-0.05, 0) is 31.4 Å². The van der Waals surface area contributed by atoms with E-state index in [0.29, 0.717) is 29.0 Å². The number of ether oxygens (including phenoxy) is 2. The van der Waals surface area contributed by atoms with Crippen molar-refractivity contribution >= 4 is 5.91 Å². The Morgan fingerprint density at radius 3 is 2.81 bits per heavy atom. The normalized spacial score (nSPS) is 27.6. The Bertz CT molecular complexity index is 546. The van der Waals surface area contributed by atoms with Crippen molar-refractivity contribution in [3.8, 4) is 11.5 Å². The Hall–Kier alpha value is -1.75. The Morgan fingerprint density at radius 2 is 2.10 bits per heavy atom. The molecule has 0 aromatic heterocycles. The molecule has 2 saturated heterocycles. The van der Waals surface area contributed by atoms with Crippen LogP contribution in [0.1, 0.15) is 23.7 Å². The maximum absolute atomic E-state index is 13.0. The summed E-state index contributed by atoms with van der Waals surface area (Å²) in [5.74, 6) is 1.72. The predicted octanol–water partition coefficient (Wildman–Crippen LogP) is 1.53. The van der Waals surface area contributed by atoms with Crippen molar-refractivity contribution in [2.75, 3.05) is 27.3 Å². The van der Waals surface area contributed by atoms with Crippen LogP contribution in [0.3, 0.4) is 0 Å². The van der Waals surface area contributed by atoms with E-state index in [4.69, 9.17) is 9.47 Å². The molecule has 1 N–H and O–H groups in total. The van der Waals surface area contributed by atoms with E-state index in [1.165, 1.54) is 0 Å². The van der Waals surface area contributed by atoms with Gasteiger partial charge in [-0.1, -0.05) is 6.07 Å². The monoisotopic (exact) mass is 290 g/mol. The lowest BCUT2D eigenvalue weighted by Crippen LogP contribution is -2.42. The predicted molar refractivity (Wildman–Crippen MR) is 79.9 cm³/mol. The number of likely N-dealkylation sites (tertiary alicyclic amines) is 1. The fourth-order valence-corrected chi connectivity index (χ4v) is 3.71. The van der Waals surface area contributed by atoms with E-state index in [-0.39, 0.29) is 11.9 Å². The number of nitrogens with one attached hydrogen (secondary N) is 1. The molecule has 1 amide bonds. The van der Waals surface area contributed by atoms with Gasteiger partial charge < -0.3 is 19.7 Å². The minimum Gasteiger partial charge on any atom is -0.493 e. The van der Waals surface area contributed by atoms with Gasteiger partial charge in [-0.3, -0.25) is 4.79 Å². The van der Waals surface area contributed by atoms with Gasteiger partial charge in [0.15, 0.2) is 11.5 Å². The molecule has 0 radical (unpaired) electrons. The first kappa shape index (κ1) is 14.2. The molecule has 3 atom stereocenters. The number of hydrogen-bond acceptors (Lipinski definition) is 4. The number of hydrogen-bond donors (Lipinski definition) is 1. The van der Waals surface area contributed by atoms with Crippen LogP contribution in [0, 0.1) is 5.92 Å². The molecule has 1 aromatic carbocycles. The average Bonchev–Trinajstić information content (AvgIpc) is 3.05. The van der Waals surface area contributed by atoms with Gasteiger partial charge in [-0.2, -0.15) is 0 Å². The number of nitrogens with zero attached hydrogens (tertiary/aromatic N) is 1. The van der Waals surface area contributed by atoms with E-state index in [2.05, 4.69) is 12.2 Å². The first-order chi connectivity index (χ1) is 10.2. The lowest BCUT2D eigenvalue weighted by Gasteiger charge is -2.28. The minimum atomic E-state index is 0.0365. The molecule has 0 bridgehead atoms. The maximum atomic E-state index is 13.0. The lowest BCUT2D eigenvalue weighted by atomic mass is 10.0. The summed E-state index contributed by atoms with van der Waals surface area (Å²) < 4.78 is 10.7. The summed E-state index contributed by atoms with van der Waals surface area (Å²) in [6.45, 7) is 4.02. The highest BCUT2D eigenvalue weighted by Gasteiger charge is 2.44. The summed E-state index contributed by atoms with van der Waals surface area (Å²) in [6.07, 6.45) is 1.07. The SMILES string of the molecule is COc1cccc(C(=O)N2C(C)CC3CNCC32)c1OC. The molecule has 0 saturated carbocycles. The highest BCUT2D eigenvalue weighted by molar-refractivity contribution is 5.98. The van der Waals surface area contributed by atoms with Crippen LogP contribution in [-0.4, -0.2) is 50.2 Å². The lowest BCUT2D eigenvalue weighted by molar-refractivity contribution is 0.0678. The molecule has 2 aliphatic heterocycles. The van der Waals surface area contributed by atoms with Gasteiger partial charge in [-0.25, -0.2) is 0 Å². The van der Waals surface area contributed by atoms with Crippen molar-refractivity contribution in [3.63, 3.8) is 0 Å². The standard InChI is InChI=1S/C16H22N2O3/c1-10-7-11-8-17-9-13(11)18(10)16(19)12-5-4-6-14(20-2)15(12)21-3/h4-6,10-11,13,17H,7-9H2,1-3H3. The molecule has 2 heterocycles. The summed E-state index contributed by atoms with van der Waals surface area (Å²) in [6, 6.07) is 6.02. The molecule has 5 heteroatoms. The summed E-state index contributed by atoms with van der Waals surface area (Å²) in [7, 11) is 3.16. The zero-order chi connectivity index (χ0) is 15.0. The van der Waals surface area contributed by atoms with Crippen LogP contribution in [0.2, 0.25) is 0 Å². The van der Waals surface area contributed by atoms with Crippen LogP contribution in [-0.2, 0) is 0 Å². The summed E-state index contributed by atoms with van der Waals surface area (Å²) >= 11 is 0. The summed E-state index contributed by atoms with van der Waals surface area (Å²) in [5, 5.41) is 3.38. The topological polar surface area (TPSA) is 50.8 Å². The zero-order valence-corrected chi connectivity index (χ0v) is 12.8. The fourth-order valence-electron chi connectivity index (χ4n) is 3.71. The molecule has 1 aromatic rings. The second-order valence-electron chi connectivity index (χ2n) is 5.82. The van der Waals surface area contributed by atoms with Crippen LogP contribution in [0.5, 0.6) is 11.5 Å². The van der Waals surface area contributed by atoms with Crippen LogP contribution in [0.4, 0.5) is 0 Å². The molecule has 5 nitrogen and oxygen atoms in total. The molecule has 2 aliphatic rings. The molecule has 21 heavy (non-hydrogen) atoms. The number of carbonyl (C=O) groups is 1. The van der Waals surface area contributed by atoms with Gasteiger partial charge in [0.25, 0.3) is 5.91 Å². The number of benzene rings is 1. The van der Waals surface area contributed by atoms with E-state index in [0.717, 1.165) is 19.5 Å². The van der Waals surface area contributed by atoms with Crippen molar-refractivity contribution in [2.45, 2.75) is 25.4 Å². The average molecular weight is 290 g/mol. The van der Waals surface area contributed by atoms with E-state index in [9.17, 15) is 4.79 Å². The minimum absolute atomic E-state index is 0.0365. The van der Waals surface area contributed by atoms with Crippen molar-refractivity contribution in [2.24, 2.45) is 5.92 Å². The molecule has 3 unspecified atom stereocenters. The number of carbonyl (C=O) groups excluding carboxylic acids is 1. The summed E-state index contributed by atoms with van der Waals surface area (Å²) in [4.78, 5) is 15.0. The van der Waals surface area contributed by atoms with E-state index >= 15 is 0 Å². The second-order valence-corrected chi connectivity index (χ2v) is 5.82. The number of para-hydroxylation sites is 1. The van der Waals surface area contributed by atoms with Gasteiger partial charge in [0, 0.05) is 25.2 Å². The van der Waals surface area contributed by atoms with Crippen LogP contribution in [0.15, 0.2) is 18.2 Å². The number of rotatable bonds is 3. The third kappa shape index (κ3) is 2.25. The van der Waals surface area contributed by atoms with Crippen molar-refractivity contribution in [3.05, 3.63) is 23.8 Å². The fraction of sp³-hybridized carbons (Fsp3) is 0.562. The second kappa shape index (κ2) is 5.56. The quantitative estimate of drug-likeness (QED) is 0.917. The third-order valence-corrected chi connectivity index (χ3v) is 4.65. The largest absolute Gasteiger partial charge is 0.493 e. The molecular formula is C16H22N2O3. The van der Waals surface area contributed by atoms with Crippen molar-refractivity contribution < 1.29 is 14.3 Å². The molecule has 0 spiro atoms. The first-order valence-electron chi connectivity index (χ1n) is 7.41. The van der Waals surface area contributed by atoms with Gasteiger partial charge in [0.1, 0.15) is 0 Å². The highest BCUT2D eigenvalue weighted by Crippen LogP contribution is 2.37. The zero-order valence-electron chi connectivity index (χ0n) is 12.8. The van der Waals surface area contributed by atoms with Gasteiger partial charge in [0.2, 0.25) is 0 Å². The Balaban J connectivity index is 1.95. The first-order valence-corrected chi connectivity index (χ1v) is 7.41. The van der Waals surface area contributed by atoms with Gasteiger partial charge in [0.05, 0.1) is 19.8 Å². The van der Waals surface area contributed by atoms with E-state index < -0.39 is 0 Å². The maximum Gasteiger partial charge on any atom is 0.258 e. The summed E-state index contributed by atoms with van der Waals surface area (Å²) in [5.41, 5.74) is 0.580. The third-order valence-electron chi connectivity index (χ3n) is 4.65. The number of methoxy groups -OCH3 is 2. The smallest absolute Gasteiger partial charge is 0.258 e. The molecule has 2 fully saturated rings. The van der Waals surface area contributed by atoms with Crippen LogP contribution < -0.4 is 14.8 Å². The molecule has 3 rings (SSSR count). The molecule has 114 valence electrons. The van der Waals surface area contributed by atoms with E-state index in [1.807, 2.05) is 23.1 Å². The molecular weight excluding hydrogens is 268 g/mol. The Morgan fingerprint density at radius 1 is 1.29 bits per heavy atom. The van der Waals surface area contributed by atoms with Crippen molar-refractivity contribution in [1.82, 2.24) is 10.2 Å². The van der Waals surface area contributed by atoms with Crippen molar-refractivity contribution in [1.29, 1.82) is 0 Å². The van der Waals surface area contributed by atoms with Crippen LogP contribution >= 0.6 is 0 Å². The van der Waals surface area contributed by atoms with Gasteiger partial charge >= 0.3 is 0 Å². The Labute approximate surface area is 125 Å². The highest BCUT2D eigenvalue weighted by atomic mass is 16.5. The van der Waals surface area contributed by atoms with Crippen LogP contribution in [0.25, 0.3) is 0 Å². The van der Waals surface area contributed by atoms with Gasteiger partial charge in [-0.15, -0.1) is 0 Å². The Kier molecular flexibility index (Phi) is 3.76.